The number of rotatable bonds is 4. The number of carbonyl (C=O) groups excluding carboxylic acids is 2. The molecule has 0 aromatic heterocycles. The Morgan fingerprint density at radius 3 is 2.57 bits per heavy atom. The smallest absolute Gasteiger partial charge is 0.407 e. The zero-order valence-corrected chi connectivity index (χ0v) is 12.1. The third kappa shape index (κ3) is 5.33. The van der Waals surface area contributed by atoms with Crippen molar-refractivity contribution in [1.82, 2.24) is 5.32 Å². The third-order valence-electron chi connectivity index (χ3n) is 2.33. The summed E-state index contributed by atoms with van der Waals surface area (Å²) in [5.41, 5.74) is -1.16. The van der Waals surface area contributed by atoms with E-state index in [0.717, 1.165) is 6.07 Å². The van der Waals surface area contributed by atoms with Crippen LogP contribution in [0.25, 0.3) is 6.08 Å². The lowest BCUT2D eigenvalue weighted by Gasteiger charge is -2.19. The first-order valence-corrected chi connectivity index (χ1v) is 6.31. The molecule has 1 aromatic rings. The van der Waals surface area contributed by atoms with Crippen LogP contribution in [0.2, 0.25) is 0 Å². The second-order valence-electron chi connectivity index (χ2n) is 5.27. The van der Waals surface area contributed by atoms with Crippen LogP contribution in [0.3, 0.4) is 0 Å². The standard InChI is InChI=1S/C15H17F2NO3/c1-15(2,3)21-14(20)18-8-4-5-10-6-7-12(16)11(9-19)13(10)17/h4-7,9H,8H2,1-3H3,(H,18,20). The minimum atomic E-state index is -0.932. The number of hydrogen-bond donors (Lipinski definition) is 1. The first kappa shape index (κ1) is 16.8. The minimum Gasteiger partial charge on any atom is -0.444 e. The van der Waals surface area contributed by atoms with Crippen LogP contribution in [0.15, 0.2) is 18.2 Å². The molecular formula is C15H17F2NO3. The molecule has 0 spiro atoms. The fraction of sp³-hybridized carbons (Fsp3) is 0.333. The summed E-state index contributed by atoms with van der Waals surface area (Å²) in [5, 5.41) is 2.45. The first-order chi connectivity index (χ1) is 9.74. The molecule has 0 saturated carbocycles. The average molecular weight is 297 g/mol. The highest BCUT2D eigenvalue weighted by Crippen LogP contribution is 2.16. The van der Waals surface area contributed by atoms with Crippen molar-refractivity contribution in [3.05, 3.63) is 41.0 Å². The molecule has 114 valence electrons. The van der Waals surface area contributed by atoms with E-state index >= 15 is 0 Å². The molecule has 0 unspecified atom stereocenters. The van der Waals surface area contributed by atoms with Crippen LogP contribution in [0.5, 0.6) is 0 Å². The third-order valence-corrected chi connectivity index (χ3v) is 2.33. The number of amides is 1. The Labute approximate surface area is 121 Å². The van der Waals surface area contributed by atoms with Crippen LogP contribution >= 0.6 is 0 Å². The fourth-order valence-electron chi connectivity index (χ4n) is 1.47. The summed E-state index contributed by atoms with van der Waals surface area (Å²) >= 11 is 0. The Hall–Kier alpha value is -2.24. The van der Waals surface area contributed by atoms with Gasteiger partial charge in [0.05, 0.1) is 5.56 Å². The Balaban J connectivity index is 2.63. The second-order valence-corrected chi connectivity index (χ2v) is 5.27. The van der Waals surface area contributed by atoms with Crippen molar-refractivity contribution in [2.45, 2.75) is 26.4 Å². The molecule has 0 atom stereocenters. The Bertz CT molecular complexity index is 563. The highest BCUT2D eigenvalue weighted by Gasteiger charge is 2.15. The summed E-state index contributed by atoms with van der Waals surface area (Å²) in [6, 6.07) is 2.22. The lowest BCUT2D eigenvalue weighted by molar-refractivity contribution is 0.0534. The number of carbonyl (C=O) groups is 2. The topological polar surface area (TPSA) is 55.4 Å². The van der Waals surface area contributed by atoms with Gasteiger partial charge in [0.25, 0.3) is 0 Å². The summed E-state index contributed by atoms with van der Waals surface area (Å²) in [7, 11) is 0. The molecule has 1 rings (SSSR count). The van der Waals surface area contributed by atoms with Gasteiger partial charge in [-0.15, -0.1) is 0 Å². The SMILES string of the molecule is CC(C)(C)OC(=O)NCC=Cc1ccc(F)c(C=O)c1F. The predicted molar refractivity (Wildman–Crippen MR) is 75.0 cm³/mol. The zero-order chi connectivity index (χ0) is 16.0. The molecule has 0 aliphatic heterocycles. The van der Waals surface area contributed by atoms with Crippen molar-refractivity contribution in [3.8, 4) is 0 Å². The van der Waals surface area contributed by atoms with Crippen molar-refractivity contribution in [2.24, 2.45) is 0 Å². The van der Waals surface area contributed by atoms with Crippen molar-refractivity contribution < 1.29 is 23.1 Å². The second kappa shape index (κ2) is 6.97. The summed E-state index contributed by atoms with van der Waals surface area (Å²) in [5.74, 6) is -1.84. The molecule has 1 aromatic carbocycles. The van der Waals surface area contributed by atoms with Gasteiger partial charge < -0.3 is 10.1 Å². The van der Waals surface area contributed by atoms with Crippen molar-refractivity contribution in [3.63, 3.8) is 0 Å². The van der Waals surface area contributed by atoms with E-state index in [0.29, 0.717) is 0 Å². The molecule has 1 amide bonds. The molecule has 0 aliphatic rings. The summed E-state index contributed by atoms with van der Waals surface area (Å²) in [4.78, 5) is 21.9. The van der Waals surface area contributed by atoms with Gasteiger partial charge in [-0.25, -0.2) is 13.6 Å². The number of hydrogen-bond acceptors (Lipinski definition) is 3. The van der Waals surface area contributed by atoms with Crippen LogP contribution in [0.1, 0.15) is 36.7 Å². The fourth-order valence-corrected chi connectivity index (χ4v) is 1.47. The molecule has 21 heavy (non-hydrogen) atoms. The predicted octanol–water partition coefficient (Wildman–Crippen LogP) is 3.32. The van der Waals surface area contributed by atoms with E-state index in [1.807, 2.05) is 0 Å². The highest BCUT2D eigenvalue weighted by molar-refractivity contribution is 5.77. The van der Waals surface area contributed by atoms with Gasteiger partial charge in [0.15, 0.2) is 6.29 Å². The molecule has 4 nitrogen and oxygen atoms in total. The van der Waals surface area contributed by atoms with Crippen molar-refractivity contribution in [2.75, 3.05) is 6.54 Å². The van der Waals surface area contributed by atoms with Crippen LogP contribution in [-0.2, 0) is 4.74 Å². The number of ether oxygens (including phenoxy) is 1. The maximum Gasteiger partial charge on any atom is 0.407 e. The van der Waals surface area contributed by atoms with Crippen LogP contribution in [0, 0.1) is 11.6 Å². The highest BCUT2D eigenvalue weighted by atomic mass is 19.1. The summed E-state index contributed by atoms with van der Waals surface area (Å²) in [6.07, 6.45) is 2.34. The summed E-state index contributed by atoms with van der Waals surface area (Å²) in [6.45, 7) is 5.31. The summed E-state index contributed by atoms with van der Waals surface area (Å²) < 4.78 is 31.8. The first-order valence-electron chi connectivity index (χ1n) is 6.31. The van der Waals surface area contributed by atoms with Gasteiger partial charge in [0.2, 0.25) is 0 Å². The molecular weight excluding hydrogens is 280 g/mol. The van der Waals surface area contributed by atoms with Crippen LogP contribution < -0.4 is 5.32 Å². The van der Waals surface area contributed by atoms with E-state index < -0.39 is 28.9 Å². The van der Waals surface area contributed by atoms with Gasteiger partial charge in [-0.2, -0.15) is 0 Å². The molecule has 0 bridgehead atoms. The number of nitrogens with one attached hydrogen (secondary N) is 1. The molecule has 1 N–H and O–H groups in total. The monoisotopic (exact) mass is 297 g/mol. The molecule has 6 heteroatoms. The Kier molecular flexibility index (Phi) is 5.58. The molecule has 0 fully saturated rings. The van der Waals surface area contributed by atoms with E-state index in [-0.39, 0.29) is 18.4 Å². The minimum absolute atomic E-state index is 0.0597. The van der Waals surface area contributed by atoms with Gasteiger partial charge in [-0.3, -0.25) is 4.79 Å². The molecule has 0 radical (unpaired) electrons. The molecule has 0 aliphatic carbocycles. The number of aldehydes is 1. The Morgan fingerprint density at radius 1 is 1.33 bits per heavy atom. The average Bonchev–Trinajstić information content (AvgIpc) is 2.35. The normalized spacial score (nSPS) is 11.5. The van der Waals surface area contributed by atoms with E-state index in [1.165, 1.54) is 18.2 Å². The lowest BCUT2D eigenvalue weighted by Crippen LogP contribution is -2.32. The number of alkyl carbamates (subject to hydrolysis) is 1. The van der Waals surface area contributed by atoms with Crippen molar-refractivity contribution >= 4 is 18.5 Å². The van der Waals surface area contributed by atoms with E-state index in [9.17, 15) is 18.4 Å². The van der Waals surface area contributed by atoms with Crippen molar-refractivity contribution in [1.29, 1.82) is 0 Å². The molecule has 0 saturated heterocycles. The van der Waals surface area contributed by atoms with E-state index in [1.54, 1.807) is 20.8 Å². The van der Waals surface area contributed by atoms with E-state index in [2.05, 4.69) is 5.32 Å². The largest absolute Gasteiger partial charge is 0.444 e. The quantitative estimate of drug-likeness (QED) is 0.867. The van der Waals surface area contributed by atoms with E-state index in [4.69, 9.17) is 4.74 Å². The van der Waals surface area contributed by atoms with Crippen LogP contribution in [0.4, 0.5) is 13.6 Å². The number of halogens is 2. The van der Waals surface area contributed by atoms with Crippen LogP contribution in [-0.4, -0.2) is 24.5 Å². The maximum absolute atomic E-state index is 13.7. The van der Waals surface area contributed by atoms with Gasteiger partial charge in [-0.1, -0.05) is 12.2 Å². The Morgan fingerprint density at radius 2 is 2.00 bits per heavy atom. The molecule has 0 heterocycles. The van der Waals surface area contributed by atoms with Gasteiger partial charge in [0.1, 0.15) is 17.2 Å². The van der Waals surface area contributed by atoms with Gasteiger partial charge >= 0.3 is 6.09 Å². The maximum atomic E-state index is 13.7. The number of benzene rings is 1. The van der Waals surface area contributed by atoms with Gasteiger partial charge in [0, 0.05) is 12.1 Å². The lowest BCUT2D eigenvalue weighted by atomic mass is 10.1. The van der Waals surface area contributed by atoms with Gasteiger partial charge in [-0.05, 0) is 32.9 Å². The zero-order valence-electron chi connectivity index (χ0n) is 12.1.